The molecule has 0 aromatic carbocycles. The molecular formula is C10H15N5O2. The van der Waals surface area contributed by atoms with E-state index in [1.54, 1.807) is 30.0 Å². The Morgan fingerprint density at radius 1 is 1.18 bits per heavy atom. The zero-order valence-electron chi connectivity index (χ0n) is 9.96. The SMILES string of the molecule is CC(=O)N1CCN(C(=O)c2cn(C)nn2)CC1. The van der Waals surface area contributed by atoms with Crippen LogP contribution in [0.3, 0.4) is 0 Å². The predicted molar refractivity (Wildman–Crippen MR) is 59.2 cm³/mol. The number of aryl methyl sites for hydroxylation is 1. The molecule has 17 heavy (non-hydrogen) atoms. The highest BCUT2D eigenvalue weighted by atomic mass is 16.2. The Balaban J connectivity index is 1.97. The molecule has 1 aromatic rings. The second kappa shape index (κ2) is 4.52. The lowest BCUT2D eigenvalue weighted by Crippen LogP contribution is -2.50. The highest BCUT2D eigenvalue weighted by Crippen LogP contribution is 2.06. The Labute approximate surface area is 99.0 Å². The molecule has 92 valence electrons. The minimum atomic E-state index is -0.124. The minimum Gasteiger partial charge on any atom is -0.339 e. The first-order valence-electron chi connectivity index (χ1n) is 5.49. The van der Waals surface area contributed by atoms with E-state index in [1.807, 2.05) is 0 Å². The molecule has 0 spiro atoms. The first-order valence-corrected chi connectivity index (χ1v) is 5.49. The molecule has 0 bridgehead atoms. The monoisotopic (exact) mass is 237 g/mol. The van der Waals surface area contributed by atoms with E-state index in [9.17, 15) is 9.59 Å². The Morgan fingerprint density at radius 3 is 2.24 bits per heavy atom. The van der Waals surface area contributed by atoms with Crippen LogP contribution in [0.25, 0.3) is 0 Å². The van der Waals surface area contributed by atoms with Crippen molar-refractivity contribution in [2.24, 2.45) is 7.05 Å². The van der Waals surface area contributed by atoms with Gasteiger partial charge >= 0.3 is 0 Å². The summed E-state index contributed by atoms with van der Waals surface area (Å²) in [5.74, 6) is -0.0714. The molecule has 1 fully saturated rings. The molecule has 2 rings (SSSR count). The van der Waals surface area contributed by atoms with Gasteiger partial charge in [0.05, 0.1) is 6.20 Å². The van der Waals surface area contributed by atoms with Crippen molar-refractivity contribution >= 4 is 11.8 Å². The number of rotatable bonds is 1. The molecule has 7 heteroatoms. The van der Waals surface area contributed by atoms with E-state index in [0.717, 1.165) is 0 Å². The van der Waals surface area contributed by atoms with Gasteiger partial charge in [-0.2, -0.15) is 0 Å². The molecule has 0 saturated carbocycles. The number of carbonyl (C=O) groups is 2. The second-order valence-electron chi connectivity index (χ2n) is 4.08. The first kappa shape index (κ1) is 11.6. The zero-order valence-corrected chi connectivity index (χ0v) is 9.96. The third kappa shape index (κ3) is 2.43. The summed E-state index contributed by atoms with van der Waals surface area (Å²) in [5.41, 5.74) is 0.351. The Morgan fingerprint density at radius 2 is 1.76 bits per heavy atom. The average Bonchev–Trinajstić information content (AvgIpc) is 2.75. The molecule has 0 aliphatic carbocycles. The third-order valence-electron chi connectivity index (χ3n) is 2.83. The van der Waals surface area contributed by atoms with Gasteiger partial charge in [-0.25, -0.2) is 0 Å². The standard InChI is InChI=1S/C10H15N5O2/c1-8(16)14-3-5-15(6-4-14)10(17)9-7-13(2)12-11-9/h7H,3-6H2,1-2H3. The highest BCUT2D eigenvalue weighted by Gasteiger charge is 2.24. The van der Waals surface area contributed by atoms with Crippen LogP contribution in [-0.2, 0) is 11.8 Å². The Kier molecular flexibility index (Phi) is 3.08. The fourth-order valence-electron chi connectivity index (χ4n) is 1.83. The van der Waals surface area contributed by atoms with E-state index < -0.39 is 0 Å². The second-order valence-corrected chi connectivity index (χ2v) is 4.08. The maximum absolute atomic E-state index is 12.0. The molecule has 2 heterocycles. The fourth-order valence-corrected chi connectivity index (χ4v) is 1.83. The molecular weight excluding hydrogens is 222 g/mol. The van der Waals surface area contributed by atoms with Crippen molar-refractivity contribution < 1.29 is 9.59 Å². The minimum absolute atomic E-state index is 0.0524. The molecule has 0 atom stereocenters. The molecule has 0 unspecified atom stereocenters. The molecule has 0 N–H and O–H groups in total. The van der Waals surface area contributed by atoms with Gasteiger partial charge in [-0.05, 0) is 0 Å². The maximum atomic E-state index is 12.0. The van der Waals surface area contributed by atoms with Crippen molar-refractivity contribution in [2.45, 2.75) is 6.92 Å². The van der Waals surface area contributed by atoms with Crippen molar-refractivity contribution in [1.29, 1.82) is 0 Å². The van der Waals surface area contributed by atoms with Crippen LogP contribution >= 0.6 is 0 Å². The lowest BCUT2D eigenvalue weighted by molar-refractivity contribution is -0.130. The van der Waals surface area contributed by atoms with Crippen LogP contribution in [0.2, 0.25) is 0 Å². The molecule has 1 saturated heterocycles. The van der Waals surface area contributed by atoms with Gasteiger partial charge in [0.15, 0.2) is 5.69 Å². The maximum Gasteiger partial charge on any atom is 0.276 e. The fraction of sp³-hybridized carbons (Fsp3) is 0.600. The van der Waals surface area contributed by atoms with E-state index in [0.29, 0.717) is 31.9 Å². The first-order chi connectivity index (χ1) is 8.08. The van der Waals surface area contributed by atoms with E-state index >= 15 is 0 Å². The summed E-state index contributed by atoms with van der Waals surface area (Å²) in [4.78, 5) is 26.6. The van der Waals surface area contributed by atoms with Gasteiger partial charge in [-0.3, -0.25) is 14.3 Å². The lowest BCUT2D eigenvalue weighted by atomic mass is 10.3. The van der Waals surface area contributed by atoms with Crippen molar-refractivity contribution in [3.05, 3.63) is 11.9 Å². The van der Waals surface area contributed by atoms with E-state index in [4.69, 9.17) is 0 Å². The number of aromatic nitrogens is 3. The number of hydrogen-bond acceptors (Lipinski definition) is 4. The summed E-state index contributed by atoms with van der Waals surface area (Å²) in [6.45, 7) is 3.81. The van der Waals surface area contributed by atoms with E-state index in [-0.39, 0.29) is 11.8 Å². The smallest absolute Gasteiger partial charge is 0.276 e. The van der Waals surface area contributed by atoms with Crippen molar-refractivity contribution in [1.82, 2.24) is 24.8 Å². The lowest BCUT2D eigenvalue weighted by Gasteiger charge is -2.33. The summed E-state index contributed by atoms with van der Waals surface area (Å²) in [5, 5.41) is 7.52. The summed E-state index contributed by atoms with van der Waals surface area (Å²) in [6, 6.07) is 0. The molecule has 7 nitrogen and oxygen atoms in total. The van der Waals surface area contributed by atoms with Gasteiger partial charge in [0, 0.05) is 40.2 Å². The van der Waals surface area contributed by atoms with Gasteiger partial charge in [-0.1, -0.05) is 5.21 Å². The largest absolute Gasteiger partial charge is 0.339 e. The summed E-state index contributed by atoms with van der Waals surface area (Å²) in [7, 11) is 1.72. The van der Waals surface area contributed by atoms with E-state index in [1.165, 1.54) is 4.68 Å². The van der Waals surface area contributed by atoms with Gasteiger partial charge in [0.1, 0.15) is 0 Å². The van der Waals surface area contributed by atoms with E-state index in [2.05, 4.69) is 10.3 Å². The van der Waals surface area contributed by atoms with Crippen LogP contribution in [0.5, 0.6) is 0 Å². The summed E-state index contributed by atoms with van der Waals surface area (Å²) in [6.07, 6.45) is 1.60. The molecule has 1 aliphatic rings. The number of nitrogens with zero attached hydrogens (tertiary/aromatic N) is 5. The number of piperazine rings is 1. The van der Waals surface area contributed by atoms with Crippen LogP contribution in [-0.4, -0.2) is 62.8 Å². The number of hydrogen-bond donors (Lipinski definition) is 0. The van der Waals surface area contributed by atoms with Crippen molar-refractivity contribution in [3.63, 3.8) is 0 Å². The van der Waals surface area contributed by atoms with Crippen LogP contribution < -0.4 is 0 Å². The topological polar surface area (TPSA) is 71.3 Å². The summed E-state index contributed by atoms with van der Waals surface area (Å²) < 4.78 is 1.50. The van der Waals surface area contributed by atoms with Gasteiger partial charge in [0.2, 0.25) is 5.91 Å². The molecule has 0 radical (unpaired) electrons. The normalized spacial score (nSPS) is 16.1. The van der Waals surface area contributed by atoms with Gasteiger partial charge in [-0.15, -0.1) is 5.10 Å². The quantitative estimate of drug-likeness (QED) is 0.636. The number of carbonyl (C=O) groups excluding carboxylic acids is 2. The number of amides is 2. The molecule has 1 aromatic heterocycles. The van der Waals surface area contributed by atoms with Crippen LogP contribution in [0, 0.1) is 0 Å². The van der Waals surface area contributed by atoms with Crippen LogP contribution in [0.1, 0.15) is 17.4 Å². The Bertz CT molecular complexity index is 434. The highest BCUT2D eigenvalue weighted by molar-refractivity contribution is 5.92. The van der Waals surface area contributed by atoms with Gasteiger partial charge < -0.3 is 9.80 Å². The molecule has 1 aliphatic heterocycles. The van der Waals surface area contributed by atoms with Gasteiger partial charge in [0.25, 0.3) is 5.91 Å². The van der Waals surface area contributed by atoms with Crippen LogP contribution in [0.15, 0.2) is 6.20 Å². The Hall–Kier alpha value is -1.92. The summed E-state index contributed by atoms with van der Waals surface area (Å²) >= 11 is 0. The molecule has 2 amide bonds. The van der Waals surface area contributed by atoms with Crippen molar-refractivity contribution in [2.75, 3.05) is 26.2 Å². The predicted octanol–water partition coefficient (Wildman–Crippen LogP) is -0.881. The average molecular weight is 237 g/mol. The zero-order chi connectivity index (χ0) is 12.4. The van der Waals surface area contributed by atoms with Crippen LogP contribution in [0.4, 0.5) is 0 Å². The van der Waals surface area contributed by atoms with Crippen molar-refractivity contribution in [3.8, 4) is 0 Å². The third-order valence-corrected chi connectivity index (χ3v) is 2.83.